The number of nitrogens with one attached hydrogen (secondary N) is 1. The van der Waals surface area contributed by atoms with Crippen LogP contribution in [0.3, 0.4) is 0 Å². The van der Waals surface area contributed by atoms with Gasteiger partial charge in [-0.05, 0) is 48.0 Å². The molecule has 0 fully saturated rings. The van der Waals surface area contributed by atoms with Crippen LogP contribution in [0.4, 0.5) is 5.69 Å². The van der Waals surface area contributed by atoms with E-state index >= 15 is 0 Å². The second-order valence-electron chi connectivity index (χ2n) is 6.28. The number of halogens is 1. The largest absolute Gasteiger partial charge is 0.455 e. The molecule has 0 spiro atoms. The molecule has 3 rings (SSSR count). The summed E-state index contributed by atoms with van der Waals surface area (Å²) in [4.78, 5) is 12.7. The maximum Gasteiger partial charge on any atom is 0.255 e. The fraction of sp³-hybridized carbons (Fsp3) is 0.0952. The van der Waals surface area contributed by atoms with Crippen LogP contribution in [0.2, 0.25) is 5.02 Å². The molecule has 3 aromatic carbocycles. The molecule has 0 aliphatic rings. The summed E-state index contributed by atoms with van der Waals surface area (Å²) in [6.07, 6.45) is 1.15. The lowest BCUT2D eigenvalue weighted by Gasteiger charge is -2.13. The van der Waals surface area contributed by atoms with E-state index in [-0.39, 0.29) is 5.75 Å². The molecule has 1 N–H and O–H groups in total. The Kier molecular flexibility index (Phi) is 6.02. The quantitative estimate of drug-likeness (QED) is 0.619. The zero-order chi connectivity index (χ0) is 20.1. The molecule has 0 heterocycles. The normalized spacial score (nSPS) is 11.1. The van der Waals surface area contributed by atoms with Crippen LogP contribution in [-0.4, -0.2) is 20.6 Å². The summed E-state index contributed by atoms with van der Waals surface area (Å²) in [5, 5.41) is 3.23. The molecule has 0 aliphatic heterocycles. The van der Waals surface area contributed by atoms with Gasteiger partial charge >= 0.3 is 0 Å². The van der Waals surface area contributed by atoms with Crippen molar-refractivity contribution in [2.45, 2.75) is 5.75 Å². The highest BCUT2D eigenvalue weighted by Crippen LogP contribution is 2.32. The van der Waals surface area contributed by atoms with Gasteiger partial charge in [-0.3, -0.25) is 4.79 Å². The summed E-state index contributed by atoms with van der Waals surface area (Å²) >= 11 is 6.07. The average Bonchev–Trinajstić information content (AvgIpc) is 2.63. The molecule has 0 atom stereocenters. The van der Waals surface area contributed by atoms with Crippen molar-refractivity contribution in [2.24, 2.45) is 0 Å². The summed E-state index contributed by atoms with van der Waals surface area (Å²) in [5.41, 5.74) is 1.30. The monoisotopic (exact) mass is 415 g/mol. The van der Waals surface area contributed by atoms with Gasteiger partial charge in [0.25, 0.3) is 5.91 Å². The molecule has 0 bridgehead atoms. The van der Waals surface area contributed by atoms with E-state index in [0.29, 0.717) is 33.3 Å². The molecule has 7 heteroatoms. The third-order valence-corrected chi connectivity index (χ3v) is 4.87. The zero-order valence-electron chi connectivity index (χ0n) is 15.1. The third-order valence-electron chi connectivity index (χ3n) is 3.78. The minimum atomic E-state index is -3.19. The summed E-state index contributed by atoms with van der Waals surface area (Å²) in [5.74, 6) is 0.537. The predicted octanol–water partition coefficient (Wildman–Crippen LogP) is 4.93. The fourth-order valence-corrected chi connectivity index (χ4v) is 3.56. The van der Waals surface area contributed by atoms with Gasteiger partial charge in [-0.2, -0.15) is 0 Å². The summed E-state index contributed by atoms with van der Waals surface area (Å²) < 4.78 is 28.8. The maximum atomic E-state index is 12.7. The van der Waals surface area contributed by atoms with Crippen molar-refractivity contribution in [2.75, 3.05) is 11.6 Å². The van der Waals surface area contributed by atoms with Gasteiger partial charge in [0.05, 0.1) is 11.4 Å². The van der Waals surface area contributed by atoms with Crippen molar-refractivity contribution < 1.29 is 17.9 Å². The highest BCUT2D eigenvalue weighted by Gasteiger charge is 2.13. The van der Waals surface area contributed by atoms with Gasteiger partial charge in [0.15, 0.2) is 15.6 Å². The molecule has 5 nitrogen and oxygen atoms in total. The Morgan fingerprint density at radius 2 is 1.75 bits per heavy atom. The number of ether oxygens (including phenoxy) is 1. The van der Waals surface area contributed by atoms with Crippen LogP contribution in [0, 0.1) is 0 Å². The molecule has 0 saturated carbocycles. The Hall–Kier alpha value is -2.83. The van der Waals surface area contributed by atoms with E-state index < -0.39 is 15.7 Å². The first-order valence-electron chi connectivity index (χ1n) is 8.41. The van der Waals surface area contributed by atoms with Crippen molar-refractivity contribution in [3.63, 3.8) is 0 Å². The van der Waals surface area contributed by atoms with Crippen LogP contribution in [0.15, 0.2) is 72.8 Å². The molecule has 0 aliphatic carbocycles. The average molecular weight is 416 g/mol. The second kappa shape index (κ2) is 8.46. The number of sulfone groups is 1. The van der Waals surface area contributed by atoms with Gasteiger partial charge in [-0.15, -0.1) is 0 Å². The highest BCUT2D eigenvalue weighted by molar-refractivity contribution is 7.89. The van der Waals surface area contributed by atoms with E-state index in [9.17, 15) is 13.2 Å². The van der Waals surface area contributed by atoms with E-state index in [1.54, 1.807) is 54.6 Å². The van der Waals surface area contributed by atoms with Crippen LogP contribution in [0.1, 0.15) is 15.9 Å². The number of anilines is 1. The molecule has 3 aromatic rings. The van der Waals surface area contributed by atoms with Crippen molar-refractivity contribution >= 4 is 33.0 Å². The van der Waals surface area contributed by atoms with Crippen LogP contribution >= 0.6 is 11.6 Å². The van der Waals surface area contributed by atoms with Crippen molar-refractivity contribution in [1.82, 2.24) is 0 Å². The number of hydrogen-bond acceptors (Lipinski definition) is 4. The number of amides is 1. The standard InChI is InChI=1S/C21H18ClNO4S/c1-28(25,26)14-15-6-5-7-16(12-15)21(24)23-19-13-17(22)10-11-20(19)27-18-8-3-2-4-9-18/h2-13H,14H2,1H3,(H,23,24). The van der Waals surface area contributed by atoms with Gasteiger partial charge in [-0.25, -0.2) is 8.42 Å². The summed E-state index contributed by atoms with van der Waals surface area (Å²) in [6.45, 7) is 0. The van der Waals surface area contributed by atoms with Crippen molar-refractivity contribution in [3.05, 3.63) is 88.9 Å². The zero-order valence-corrected chi connectivity index (χ0v) is 16.6. The van der Waals surface area contributed by atoms with Gasteiger partial charge in [0.2, 0.25) is 0 Å². The lowest BCUT2D eigenvalue weighted by atomic mass is 10.1. The molecule has 0 radical (unpaired) electrons. The molecular formula is C21H18ClNO4S. The number of para-hydroxylation sites is 1. The highest BCUT2D eigenvalue weighted by atomic mass is 35.5. The first kappa shape index (κ1) is 19.9. The molecule has 0 saturated heterocycles. The van der Waals surface area contributed by atoms with E-state index in [1.165, 1.54) is 0 Å². The molecule has 28 heavy (non-hydrogen) atoms. The molecule has 1 amide bonds. The first-order chi connectivity index (χ1) is 13.3. The smallest absolute Gasteiger partial charge is 0.255 e. The minimum absolute atomic E-state index is 0.131. The van der Waals surface area contributed by atoms with Crippen LogP contribution in [0.5, 0.6) is 11.5 Å². The Balaban J connectivity index is 1.84. The SMILES string of the molecule is CS(=O)(=O)Cc1cccc(C(=O)Nc2cc(Cl)ccc2Oc2ccccc2)c1. The van der Waals surface area contributed by atoms with Crippen molar-refractivity contribution in [1.29, 1.82) is 0 Å². The van der Waals surface area contributed by atoms with Crippen molar-refractivity contribution in [3.8, 4) is 11.5 Å². The van der Waals surface area contributed by atoms with Crippen LogP contribution < -0.4 is 10.1 Å². The number of hydrogen-bond donors (Lipinski definition) is 1. The first-order valence-corrected chi connectivity index (χ1v) is 10.8. The number of carbonyl (C=O) groups is 1. The van der Waals surface area contributed by atoms with E-state index in [0.717, 1.165) is 6.26 Å². The van der Waals surface area contributed by atoms with Gasteiger partial charge in [-0.1, -0.05) is 41.9 Å². The van der Waals surface area contributed by atoms with E-state index in [1.807, 2.05) is 18.2 Å². The Morgan fingerprint density at radius 3 is 2.46 bits per heavy atom. The third kappa shape index (κ3) is 5.58. The fourth-order valence-electron chi connectivity index (χ4n) is 2.60. The number of benzene rings is 3. The maximum absolute atomic E-state index is 12.7. The van der Waals surface area contributed by atoms with Gasteiger partial charge in [0.1, 0.15) is 5.75 Å². The predicted molar refractivity (Wildman–Crippen MR) is 111 cm³/mol. The van der Waals surface area contributed by atoms with Gasteiger partial charge < -0.3 is 10.1 Å². The lowest BCUT2D eigenvalue weighted by Crippen LogP contribution is -2.13. The van der Waals surface area contributed by atoms with E-state index in [2.05, 4.69) is 5.32 Å². The molecule has 0 aromatic heterocycles. The summed E-state index contributed by atoms with van der Waals surface area (Å²) in [6, 6.07) is 20.6. The second-order valence-corrected chi connectivity index (χ2v) is 8.86. The summed E-state index contributed by atoms with van der Waals surface area (Å²) in [7, 11) is -3.19. The van der Waals surface area contributed by atoms with Crippen LogP contribution in [0.25, 0.3) is 0 Å². The Bertz CT molecular complexity index is 1100. The van der Waals surface area contributed by atoms with Gasteiger partial charge in [0, 0.05) is 16.8 Å². The minimum Gasteiger partial charge on any atom is -0.455 e. The molecule has 144 valence electrons. The Labute approximate surface area is 168 Å². The number of rotatable bonds is 6. The Morgan fingerprint density at radius 1 is 1.00 bits per heavy atom. The topological polar surface area (TPSA) is 72.5 Å². The molecule has 0 unspecified atom stereocenters. The number of carbonyl (C=O) groups excluding carboxylic acids is 1. The van der Waals surface area contributed by atoms with Crippen LogP contribution in [-0.2, 0) is 15.6 Å². The lowest BCUT2D eigenvalue weighted by molar-refractivity contribution is 0.102. The molecular weight excluding hydrogens is 398 g/mol. The van der Waals surface area contributed by atoms with E-state index in [4.69, 9.17) is 16.3 Å².